The number of imidazole rings is 1. The summed E-state index contributed by atoms with van der Waals surface area (Å²) in [5, 5.41) is 2.79. The number of nitrogens with one attached hydrogen (secondary N) is 2. The molecule has 7 nitrogen and oxygen atoms in total. The number of piperazine rings is 1. The fourth-order valence-electron chi connectivity index (χ4n) is 4.15. The van der Waals surface area contributed by atoms with Gasteiger partial charge in [-0.1, -0.05) is 19.4 Å². The number of hydrogen-bond acceptors (Lipinski definition) is 4. The number of hydrogen-bond donors (Lipinski definition) is 2. The summed E-state index contributed by atoms with van der Waals surface area (Å²) in [5.74, 6) is 0.245. The highest BCUT2D eigenvalue weighted by Gasteiger charge is 2.37. The van der Waals surface area contributed by atoms with Crippen LogP contribution in [0.1, 0.15) is 37.8 Å². The highest BCUT2D eigenvalue weighted by atomic mass is 19.4. The Balaban J connectivity index is 1.43. The highest BCUT2D eigenvalue weighted by molar-refractivity contribution is 5.90. The van der Waals surface area contributed by atoms with Gasteiger partial charge in [-0.15, -0.1) is 0 Å². The predicted octanol–water partition coefficient (Wildman–Crippen LogP) is 5.06. The minimum Gasteiger partial charge on any atom is -0.352 e. The topological polar surface area (TPSA) is 77.2 Å². The fraction of sp³-hybridized carbons (Fsp3) is 0.435. The molecule has 0 spiro atoms. The van der Waals surface area contributed by atoms with Gasteiger partial charge in [0, 0.05) is 31.9 Å². The molecule has 0 bridgehead atoms. The number of aromatic nitrogens is 3. The first kappa shape index (κ1) is 22.9. The van der Waals surface area contributed by atoms with Crippen LogP contribution in [0.25, 0.3) is 11.0 Å². The van der Waals surface area contributed by atoms with Crippen LogP contribution in [0.2, 0.25) is 0 Å². The standard InChI is InChI=1S/C23H27F3N6O/c1-3-4-6-16-8-9-18-19(13-16)29-21(28-18)30-22(33)32-12-11-31(14-15(32)2)20-17(23(24,25)26)7-5-10-27-20/h5,7-10,13,15H,3-4,6,11-12,14H2,1-2H3,(H2,28,29,30,33)/t15-/m1/s1. The zero-order chi connectivity index (χ0) is 23.6. The zero-order valence-electron chi connectivity index (χ0n) is 18.6. The quantitative estimate of drug-likeness (QED) is 0.558. The summed E-state index contributed by atoms with van der Waals surface area (Å²) in [5.41, 5.74) is 2.06. The van der Waals surface area contributed by atoms with Crippen molar-refractivity contribution >= 4 is 28.8 Å². The lowest BCUT2D eigenvalue weighted by Crippen LogP contribution is -2.55. The minimum absolute atomic E-state index is 0.104. The van der Waals surface area contributed by atoms with Crippen LogP contribution in [0.5, 0.6) is 0 Å². The molecule has 1 aliphatic rings. The lowest BCUT2D eigenvalue weighted by Gasteiger charge is -2.40. The van der Waals surface area contributed by atoms with E-state index in [2.05, 4.69) is 27.2 Å². The van der Waals surface area contributed by atoms with E-state index in [1.54, 1.807) is 16.7 Å². The van der Waals surface area contributed by atoms with Gasteiger partial charge in [0.15, 0.2) is 0 Å². The molecule has 0 radical (unpaired) electrons. The Labute approximate surface area is 190 Å². The number of pyridine rings is 1. The third-order valence-electron chi connectivity index (χ3n) is 5.87. The molecule has 4 rings (SSSR count). The van der Waals surface area contributed by atoms with Crippen molar-refractivity contribution < 1.29 is 18.0 Å². The Morgan fingerprint density at radius 3 is 2.82 bits per heavy atom. The number of halogens is 3. The molecule has 1 atom stereocenters. The number of anilines is 2. The maximum atomic E-state index is 13.4. The summed E-state index contributed by atoms with van der Waals surface area (Å²) >= 11 is 0. The number of amides is 2. The average Bonchev–Trinajstić information content (AvgIpc) is 3.18. The van der Waals surface area contributed by atoms with E-state index in [0.717, 1.165) is 36.4 Å². The molecule has 2 N–H and O–H groups in total. The Morgan fingerprint density at radius 2 is 2.09 bits per heavy atom. The van der Waals surface area contributed by atoms with Crippen molar-refractivity contribution in [3.8, 4) is 0 Å². The second-order valence-electron chi connectivity index (χ2n) is 8.33. The molecule has 3 heterocycles. The first-order valence-corrected chi connectivity index (χ1v) is 11.1. The second-order valence-corrected chi connectivity index (χ2v) is 8.33. The number of carbonyl (C=O) groups is 1. The first-order chi connectivity index (χ1) is 15.8. The summed E-state index contributed by atoms with van der Waals surface area (Å²) in [7, 11) is 0. The number of rotatable bonds is 5. The number of alkyl halides is 3. The van der Waals surface area contributed by atoms with Crippen molar-refractivity contribution in [2.45, 2.75) is 45.3 Å². The smallest absolute Gasteiger partial charge is 0.352 e. The number of carbonyl (C=O) groups excluding carboxylic acids is 1. The third-order valence-corrected chi connectivity index (χ3v) is 5.87. The summed E-state index contributed by atoms with van der Waals surface area (Å²) in [6.07, 6.45) is 0.0750. The van der Waals surface area contributed by atoms with Gasteiger partial charge in [-0.2, -0.15) is 13.2 Å². The number of benzene rings is 1. The molecular weight excluding hydrogens is 433 g/mol. The number of H-pyrrole nitrogens is 1. The molecule has 2 aromatic heterocycles. The van der Waals surface area contributed by atoms with E-state index in [9.17, 15) is 18.0 Å². The van der Waals surface area contributed by atoms with Crippen LogP contribution in [-0.2, 0) is 12.6 Å². The van der Waals surface area contributed by atoms with Gasteiger partial charge in [0.1, 0.15) is 5.82 Å². The molecule has 0 aliphatic carbocycles. The largest absolute Gasteiger partial charge is 0.419 e. The summed E-state index contributed by atoms with van der Waals surface area (Å²) < 4.78 is 40.1. The van der Waals surface area contributed by atoms with E-state index < -0.39 is 11.7 Å². The zero-order valence-corrected chi connectivity index (χ0v) is 18.6. The normalized spacial score (nSPS) is 16.9. The molecule has 10 heteroatoms. The van der Waals surface area contributed by atoms with E-state index in [-0.39, 0.29) is 37.5 Å². The van der Waals surface area contributed by atoms with Gasteiger partial charge < -0.3 is 14.8 Å². The predicted molar refractivity (Wildman–Crippen MR) is 121 cm³/mol. The van der Waals surface area contributed by atoms with Crippen LogP contribution in [0.15, 0.2) is 36.5 Å². The number of aryl methyl sites for hydroxylation is 1. The number of aromatic amines is 1. The third kappa shape index (κ3) is 5.04. The van der Waals surface area contributed by atoms with E-state index in [1.807, 2.05) is 18.2 Å². The molecule has 2 amide bonds. The summed E-state index contributed by atoms with van der Waals surface area (Å²) in [6.45, 7) is 4.71. The Hall–Kier alpha value is -3.30. The molecular formula is C23H27F3N6O. The van der Waals surface area contributed by atoms with Gasteiger partial charge in [-0.3, -0.25) is 5.32 Å². The molecule has 33 heavy (non-hydrogen) atoms. The van der Waals surface area contributed by atoms with Crippen molar-refractivity contribution in [2.75, 3.05) is 29.9 Å². The van der Waals surface area contributed by atoms with E-state index in [4.69, 9.17) is 0 Å². The molecule has 1 saturated heterocycles. The van der Waals surface area contributed by atoms with Gasteiger partial charge in [-0.05, 0) is 49.6 Å². The SMILES string of the molecule is CCCCc1ccc2nc(NC(=O)N3CCN(c4ncccc4C(F)(F)F)C[C@H]3C)[nH]c2c1. The minimum atomic E-state index is -4.49. The molecule has 176 valence electrons. The second kappa shape index (κ2) is 9.29. The van der Waals surface area contributed by atoms with Crippen LogP contribution < -0.4 is 10.2 Å². The van der Waals surface area contributed by atoms with Gasteiger partial charge in [0.05, 0.1) is 16.6 Å². The van der Waals surface area contributed by atoms with E-state index >= 15 is 0 Å². The van der Waals surface area contributed by atoms with Crippen molar-refractivity contribution in [1.82, 2.24) is 19.9 Å². The Bertz CT molecular complexity index is 1130. The van der Waals surface area contributed by atoms with E-state index in [0.29, 0.717) is 5.95 Å². The number of urea groups is 1. The molecule has 1 fully saturated rings. The van der Waals surface area contributed by atoms with Crippen LogP contribution in [0.3, 0.4) is 0 Å². The van der Waals surface area contributed by atoms with Gasteiger partial charge in [0.25, 0.3) is 0 Å². The molecule has 0 saturated carbocycles. The maximum Gasteiger partial charge on any atom is 0.419 e. The number of fused-ring (bicyclic) bond motifs is 1. The molecule has 3 aromatic rings. The van der Waals surface area contributed by atoms with Gasteiger partial charge in [-0.25, -0.2) is 14.8 Å². The maximum absolute atomic E-state index is 13.4. The van der Waals surface area contributed by atoms with E-state index in [1.165, 1.54) is 17.8 Å². The van der Waals surface area contributed by atoms with Crippen LogP contribution in [-0.4, -0.2) is 51.6 Å². The van der Waals surface area contributed by atoms with Crippen LogP contribution in [0, 0.1) is 0 Å². The number of unbranched alkanes of at least 4 members (excludes halogenated alkanes) is 1. The van der Waals surface area contributed by atoms with Crippen LogP contribution in [0.4, 0.5) is 29.7 Å². The molecule has 0 unspecified atom stereocenters. The monoisotopic (exact) mass is 460 g/mol. The molecule has 1 aromatic carbocycles. The average molecular weight is 461 g/mol. The Morgan fingerprint density at radius 1 is 1.27 bits per heavy atom. The fourth-order valence-corrected chi connectivity index (χ4v) is 4.15. The number of nitrogens with zero attached hydrogens (tertiary/aromatic N) is 4. The summed E-state index contributed by atoms with van der Waals surface area (Å²) in [4.78, 5) is 27.6. The van der Waals surface area contributed by atoms with Crippen molar-refractivity contribution in [2.24, 2.45) is 0 Å². The first-order valence-electron chi connectivity index (χ1n) is 11.1. The lowest BCUT2D eigenvalue weighted by molar-refractivity contribution is -0.137. The highest BCUT2D eigenvalue weighted by Crippen LogP contribution is 2.35. The lowest BCUT2D eigenvalue weighted by atomic mass is 10.1. The summed E-state index contributed by atoms with van der Waals surface area (Å²) in [6, 6.07) is 7.66. The van der Waals surface area contributed by atoms with Crippen molar-refractivity contribution in [3.63, 3.8) is 0 Å². The van der Waals surface area contributed by atoms with Gasteiger partial charge >= 0.3 is 12.2 Å². The Kier molecular flexibility index (Phi) is 6.44. The van der Waals surface area contributed by atoms with Crippen molar-refractivity contribution in [1.29, 1.82) is 0 Å². The van der Waals surface area contributed by atoms with Crippen molar-refractivity contribution in [3.05, 3.63) is 47.7 Å². The van der Waals surface area contributed by atoms with Gasteiger partial charge in [0.2, 0.25) is 5.95 Å². The molecule has 1 aliphatic heterocycles. The van der Waals surface area contributed by atoms with Crippen LogP contribution >= 0.6 is 0 Å².